The van der Waals surface area contributed by atoms with E-state index in [9.17, 15) is 4.79 Å². The normalized spacial score (nSPS) is 15.4. The number of aliphatic hydroxyl groups excluding tert-OH is 1. The summed E-state index contributed by atoms with van der Waals surface area (Å²) in [5.74, 6) is 1.62. The number of carbonyl (C=O) groups is 1. The van der Waals surface area contributed by atoms with Gasteiger partial charge in [-0.3, -0.25) is 10.1 Å². The molecular formula is C7H16N2O2S2. The highest BCUT2D eigenvalue weighted by atomic mass is 32.2. The Morgan fingerprint density at radius 1 is 1.77 bits per heavy atom. The van der Waals surface area contributed by atoms with Crippen molar-refractivity contribution < 1.29 is 9.90 Å². The summed E-state index contributed by atoms with van der Waals surface area (Å²) in [5, 5.41) is 11.7. The van der Waals surface area contributed by atoms with Crippen molar-refractivity contribution >= 4 is 30.2 Å². The van der Waals surface area contributed by atoms with Crippen LogP contribution in [0.1, 0.15) is 6.92 Å². The Bertz CT molecular complexity index is 155. The first-order valence-electron chi connectivity index (χ1n) is 3.94. The average molecular weight is 224 g/mol. The molecule has 0 aliphatic heterocycles. The quantitative estimate of drug-likeness (QED) is 0.265. The van der Waals surface area contributed by atoms with Gasteiger partial charge in [-0.1, -0.05) is 0 Å². The summed E-state index contributed by atoms with van der Waals surface area (Å²) in [6.07, 6.45) is -0.793. The molecule has 0 spiro atoms. The van der Waals surface area contributed by atoms with Crippen LogP contribution >= 0.6 is 24.4 Å². The molecule has 0 aromatic heterocycles. The fraction of sp³-hybridized carbons (Fsp3) is 0.857. The minimum atomic E-state index is -0.793. The predicted octanol–water partition coefficient (Wildman–Crippen LogP) is -0.569. The first kappa shape index (κ1) is 13.2. The van der Waals surface area contributed by atoms with Gasteiger partial charge in [0.1, 0.15) is 12.0 Å². The van der Waals surface area contributed by atoms with Crippen molar-refractivity contribution in [2.24, 2.45) is 5.73 Å². The van der Waals surface area contributed by atoms with E-state index in [0.29, 0.717) is 17.4 Å². The zero-order chi connectivity index (χ0) is 10.3. The fourth-order valence-electron chi connectivity index (χ4n) is 0.676. The summed E-state index contributed by atoms with van der Waals surface area (Å²) in [6, 6.07) is -0.203. The van der Waals surface area contributed by atoms with Gasteiger partial charge in [0.25, 0.3) is 0 Å². The SMILES string of the molecule is CC(=O)[C@H](CS)NCSCC(N)O. The van der Waals surface area contributed by atoms with E-state index in [4.69, 9.17) is 10.8 Å². The van der Waals surface area contributed by atoms with E-state index in [1.54, 1.807) is 0 Å². The van der Waals surface area contributed by atoms with Gasteiger partial charge in [-0.05, 0) is 6.92 Å². The Hall–Kier alpha value is 0.250. The highest BCUT2D eigenvalue weighted by Crippen LogP contribution is 1.99. The molecule has 1 unspecified atom stereocenters. The molecule has 0 aromatic rings. The number of ketones is 1. The van der Waals surface area contributed by atoms with Gasteiger partial charge in [0.15, 0.2) is 0 Å². The van der Waals surface area contributed by atoms with Crippen molar-refractivity contribution in [3.63, 3.8) is 0 Å². The number of aliphatic hydroxyl groups is 1. The van der Waals surface area contributed by atoms with Crippen molar-refractivity contribution in [2.45, 2.75) is 19.2 Å². The summed E-state index contributed by atoms with van der Waals surface area (Å²) in [5.41, 5.74) is 5.13. The van der Waals surface area contributed by atoms with Gasteiger partial charge in [-0.15, -0.1) is 11.8 Å². The maximum atomic E-state index is 10.9. The van der Waals surface area contributed by atoms with Gasteiger partial charge in [0.2, 0.25) is 0 Å². The molecule has 0 rings (SSSR count). The number of rotatable bonds is 7. The highest BCUT2D eigenvalue weighted by molar-refractivity contribution is 7.99. The highest BCUT2D eigenvalue weighted by Gasteiger charge is 2.10. The molecule has 6 heteroatoms. The first-order chi connectivity index (χ1) is 6.07. The lowest BCUT2D eigenvalue weighted by Gasteiger charge is -2.12. The van der Waals surface area contributed by atoms with Crippen LogP contribution in [0.5, 0.6) is 0 Å². The second-order valence-electron chi connectivity index (χ2n) is 2.63. The first-order valence-corrected chi connectivity index (χ1v) is 5.72. The second kappa shape index (κ2) is 7.64. The van der Waals surface area contributed by atoms with E-state index in [1.165, 1.54) is 18.7 Å². The molecule has 13 heavy (non-hydrogen) atoms. The van der Waals surface area contributed by atoms with Gasteiger partial charge in [-0.2, -0.15) is 12.6 Å². The van der Waals surface area contributed by atoms with Crippen LogP contribution in [0.25, 0.3) is 0 Å². The van der Waals surface area contributed by atoms with Crippen LogP contribution in [0.4, 0.5) is 0 Å². The van der Waals surface area contributed by atoms with E-state index >= 15 is 0 Å². The molecule has 0 aliphatic carbocycles. The lowest BCUT2D eigenvalue weighted by atomic mass is 10.2. The zero-order valence-electron chi connectivity index (χ0n) is 7.56. The van der Waals surface area contributed by atoms with Gasteiger partial charge in [0.05, 0.1) is 6.04 Å². The minimum Gasteiger partial charge on any atom is -0.378 e. The van der Waals surface area contributed by atoms with Crippen LogP contribution in [0.2, 0.25) is 0 Å². The van der Waals surface area contributed by atoms with Crippen molar-refractivity contribution in [1.29, 1.82) is 0 Å². The summed E-state index contributed by atoms with van der Waals surface area (Å²) in [4.78, 5) is 10.9. The molecule has 4 nitrogen and oxygen atoms in total. The maximum Gasteiger partial charge on any atom is 0.147 e. The van der Waals surface area contributed by atoms with Crippen molar-refractivity contribution in [3.05, 3.63) is 0 Å². The number of Topliss-reactive ketones (excluding diaryl/α,β-unsaturated/α-hetero) is 1. The van der Waals surface area contributed by atoms with E-state index in [1.807, 2.05) is 0 Å². The third-order valence-corrected chi connectivity index (χ3v) is 2.71. The molecule has 0 saturated carbocycles. The van der Waals surface area contributed by atoms with Crippen molar-refractivity contribution in [1.82, 2.24) is 5.32 Å². The van der Waals surface area contributed by atoms with Gasteiger partial charge in [0, 0.05) is 17.4 Å². The van der Waals surface area contributed by atoms with Crippen molar-refractivity contribution in [3.8, 4) is 0 Å². The average Bonchev–Trinajstić information content (AvgIpc) is 2.03. The number of nitrogens with one attached hydrogen (secondary N) is 1. The largest absolute Gasteiger partial charge is 0.378 e. The smallest absolute Gasteiger partial charge is 0.147 e. The van der Waals surface area contributed by atoms with Crippen LogP contribution in [-0.2, 0) is 4.79 Å². The van der Waals surface area contributed by atoms with E-state index in [2.05, 4.69) is 17.9 Å². The molecule has 0 bridgehead atoms. The summed E-state index contributed by atoms with van der Waals surface area (Å²) >= 11 is 5.48. The molecular weight excluding hydrogens is 208 g/mol. The predicted molar refractivity (Wildman–Crippen MR) is 59.0 cm³/mol. The molecule has 4 N–H and O–H groups in total. The Kier molecular flexibility index (Phi) is 7.78. The molecule has 0 aliphatic rings. The Labute approximate surface area is 88.1 Å². The van der Waals surface area contributed by atoms with Gasteiger partial charge in [-0.25, -0.2) is 0 Å². The molecule has 0 fully saturated rings. The number of hydrogen-bond acceptors (Lipinski definition) is 6. The summed E-state index contributed by atoms with van der Waals surface area (Å²) in [7, 11) is 0. The van der Waals surface area contributed by atoms with Gasteiger partial charge < -0.3 is 10.8 Å². The van der Waals surface area contributed by atoms with Crippen LogP contribution in [-0.4, -0.2) is 40.5 Å². The van der Waals surface area contributed by atoms with Crippen LogP contribution in [0, 0.1) is 0 Å². The molecule has 0 radical (unpaired) electrons. The number of thioether (sulfide) groups is 1. The number of nitrogens with two attached hydrogens (primary N) is 1. The minimum absolute atomic E-state index is 0.0731. The molecule has 0 amide bonds. The number of hydrogen-bond donors (Lipinski definition) is 4. The maximum absolute atomic E-state index is 10.9. The third-order valence-electron chi connectivity index (χ3n) is 1.39. The van der Waals surface area contributed by atoms with Crippen molar-refractivity contribution in [2.75, 3.05) is 17.4 Å². The molecule has 0 aromatic carbocycles. The van der Waals surface area contributed by atoms with E-state index < -0.39 is 6.23 Å². The Balaban J connectivity index is 3.44. The second-order valence-corrected chi connectivity index (χ2v) is 4.03. The fourth-order valence-corrected chi connectivity index (χ4v) is 1.74. The topological polar surface area (TPSA) is 75.4 Å². The Morgan fingerprint density at radius 2 is 2.38 bits per heavy atom. The lowest BCUT2D eigenvalue weighted by molar-refractivity contribution is -0.118. The molecule has 2 atom stereocenters. The summed E-state index contributed by atoms with van der Waals surface area (Å²) < 4.78 is 0. The molecule has 0 heterocycles. The number of thiol groups is 1. The van der Waals surface area contributed by atoms with E-state index in [-0.39, 0.29) is 11.8 Å². The van der Waals surface area contributed by atoms with Crippen LogP contribution < -0.4 is 11.1 Å². The lowest BCUT2D eigenvalue weighted by Crippen LogP contribution is -2.37. The molecule has 0 saturated heterocycles. The standard InChI is InChI=1S/C7H16N2O2S2/c1-5(10)6(2-12)9-4-13-3-7(8)11/h6-7,9,11-12H,2-4,8H2,1H3/t6-,7?/m0/s1. The van der Waals surface area contributed by atoms with Crippen LogP contribution in [0.15, 0.2) is 0 Å². The van der Waals surface area contributed by atoms with Gasteiger partial charge >= 0.3 is 0 Å². The summed E-state index contributed by atoms with van der Waals surface area (Å²) in [6.45, 7) is 1.52. The number of carbonyl (C=O) groups excluding carboxylic acids is 1. The van der Waals surface area contributed by atoms with E-state index in [0.717, 1.165) is 0 Å². The monoisotopic (exact) mass is 224 g/mol. The molecule has 78 valence electrons. The zero-order valence-corrected chi connectivity index (χ0v) is 9.28. The third kappa shape index (κ3) is 7.33. The van der Waals surface area contributed by atoms with Crippen LogP contribution in [0.3, 0.4) is 0 Å². The Morgan fingerprint density at radius 3 is 2.77 bits per heavy atom.